The minimum atomic E-state index is 0.166. The largest absolute Gasteiger partial charge is 0.484 e. The molecule has 20 heavy (non-hydrogen) atoms. The zero-order valence-electron chi connectivity index (χ0n) is 11.5. The van der Waals surface area contributed by atoms with Gasteiger partial charge in [-0.1, -0.05) is 34.9 Å². The van der Waals surface area contributed by atoms with Crippen LogP contribution in [0.5, 0.6) is 5.75 Å². The molecule has 0 spiro atoms. The number of aldehydes is 1. The fourth-order valence-electron chi connectivity index (χ4n) is 1.74. The van der Waals surface area contributed by atoms with Crippen molar-refractivity contribution in [3.8, 4) is 5.75 Å². The van der Waals surface area contributed by atoms with Crippen LogP contribution in [0.1, 0.15) is 47.4 Å². The molecular formula is C14H15BrN2O3. The van der Waals surface area contributed by atoms with Crippen LogP contribution in [0, 0.1) is 6.92 Å². The lowest BCUT2D eigenvalue weighted by atomic mass is 10.1. The van der Waals surface area contributed by atoms with Crippen molar-refractivity contribution in [2.45, 2.75) is 33.3 Å². The van der Waals surface area contributed by atoms with Gasteiger partial charge in [-0.25, -0.2) is 0 Å². The number of carbonyl (C=O) groups is 1. The van der Waals surface area contributed by atoms with Crippen molar-refractivity contribution >= 4 is 22.2 Å². The summed E-state index contributed by atoms with van der Waals surface area (Å²) < 4.78 is 11.6. The van der Waals surface area contributed by atoms with E-state index < -0.39 is 0 Å². The van der Waals surface area contributed by atoms with Gasteiger partial charge in [-0.2, -0.15) is 4.98 Å². The van der Waals surface area contributed by atoms with E-state index in [-0.39, 0.29) is 12.5 Å². The average molecular weight is 339 g/mol. The van der Waals surface area contributed by atoms with Gasteiger partial charge in [0.1, 0.15) is 5.75 Å². The molecule has 0 bridgehead atoms. The number of hydrogen-bond acceptors (Lipinski definition) is 5. The fourth-order valence-corrected chi connectivity index (χ4v) is 2.33. The lowest BCUT2D eigenvalue weighted by Gasteiger charge is -2.10. The second-order valence-electron chi connectivity index (χ2n) is 4.75. The highest BCUT2D eigenvalue weighted by Gasteiger charge is 2.13. The number of nitrogens with zero attached hydrogens (tertiary/aromatic N) is 2. The minimum Gasteiger partial charge on any atom is -0.484 e. The average Bonchev–Trinajstić information content (AvgIpc) is 2.85. The number of halogens is 1. The Morgan fingerprint density at radius 1 is 1.45 bits per heavy atom. The van der Waals surface area contributed by atoms with Gasteiger partial charge in [-0.15, -0.1) is 0 Å². The molecule has 1 aromatic carbocycles. The predicted octanol–water partition coefficient (Wildman–Crippen LogP) is 3.66. The maximum absolute atomic E-state index is 11.1. The zero-order chi connectivity index (χ0) is 14.7. The molecule has 0 amide bonds. The lowest BCUT2D eigenvalue weighted by molar-refractivity contribution is 0.111. The molecule has 0 fully saturated rings. The first-order valence-corrected chi connectivity index (χ1v) is 7.01. The minimum absolute atomic E-state index is 0.166. The Bertz CT molecular complexity index is 623. The topological polar surface area (TPSA) is 65.2 Å². The molecule has 1 heterocycles. The predicted molar refractivity (Wildman–Crippen MR) is 77.0 cm³/mol. The van der Waals surface area contributed by atoms with Crippen LogP contribution in [0.25, 0.3) is 0 Å². The van der Waals surface area contributed by atoms with Crippen LogP contribution in [0.3, 0.4) is 0 Å². The Labute approximate surface area is 125 Å². The third-order valence-electron chi connectivity index (χ3n) is 2.72. The molecule has 0 saturated carbocycles. The molecule has 2 aromatic rings. The van der Waals surface area contributed by atoms with E-state index in [1.54, 1.807) is 6.07 Å². The van der Waals surface area contributed by atoms with Gasteiger partial charge in [0, 0.05) is 10.4 Å². The zero-order valence-corrected chi connectivity index (χ0v) is 13.1. The van der Waals surface area contributed by atoms with Crippen LogP contribution in [0.15, 0.2) is 21.1 Å². The standard InChI is InChI=1S/C14H15BrN2O3/c1-8(2)14-16-12(17-20-14)7-19-13-9(3)4-11(15)5-10(13)6-18/h4-6,8H,7H2,1-3H3. The number of rotatable bonds is 5. The molecule has 0 aliphatic carbocycles. The van der Waals surface area contributed by atoms with E-state index in [1.165, 1.54) is 0 Å². The second-order valence-corrected chi connectivity index (χ2v) is 5.67. The highest BCUT2D eigenvalue weighted by molar-refractivity contribution is 9.10. The first kappa shape index (κ1) is 14.7. The van der Waals surface area contributed by atoms with Gasteiger partial charge in [0.15, 0.2) is 12.9 Å². The van der Waals surface area contributed by atoms with Crippen LogP contribution in [-0.4, -0.2) is 16.4 Å². The van der Waals surface area contributed by atoms with Crippen molar-refractivity contribution < 1.29 is 14.1 Å². The molecule has 0 unspecified atom stereocenters. The van der Waals surface area contributed by atoms with Crippen molar-refractivity contribution in [1.29, 1.82) is 0 Å². The number of carbonyl (C=O) groups excluding carboxylic acids is 1. The van der Waals surface area contributed by atoms with Gasteiger partial charge in [-0.3, -0.25) is 4.79 Å². The summed E-state index contributed by atoms with van der Waals surface area (Å²) in [5.41, 5.74) is 1.36. The summed E-state index contributed by atoms with van der Waals surface area (Å²) in [4.78, 5) is 15.3. The molecule has 0 aliphatic heterocycles. The highest BCUT2D eigenvalue weighted by Crippen LogP contribution is 2.27. The first-order valence-electron chi connectivity index (χ1n) is 6.22. The molecule has 1 aromatic heterocycles. The Kier molecular flexibility index (Phi) is 4.54. The maximum Gasteiger partial charge on any atom is 0.229 e. The van der Waals surface area contributed by atoms with E-state index in [0.29, 0.717) is 23.0 Å². The number of aromatic nitrogens is 2. The third kappa shape index (κ3) is 3.25. The molecule has 0 aliphatic rings. The van der Waals surface area contributed by atoms with Crippen molar-refractivity contribution in [3.63, 3.8) is 0 Å². The number of hydrogen-bond donors (Lipinski definition) is 0. The van der Waals surface area contributed by atoms with Crippen LogP contribution < -0.4 is 4.74 Å². The Morgan fingerprint density at radius 3 is 2.80 bits per heavy atom. The Balaban J connectivity index is 2.16. The molecule has 0 radical (unpaired) electrons. The summed E-state index contributed by atoms with van der Waals surface area (Å²) in [6.45, 7) is 5.99. The van der Waals surface area contributed by atoms with Gasteiger partial charge in [0.05, 0.1) is 5.56 Å². The van der Waals surface area contributed by atoms with Crippen molar-refractivity contribution in [3.05, 3.63) is 39.4 Å². The van der Waals surface area contributed by atoms with E-state index in [0.717, 1.165) is 16.3 Å². The molecule has 0 saturated heterocycles. The van der Waals surface area contributed by atoms with Crippen LogP contribution >= 0.6 is 15.9 Å². The molecule has 6 heteroatoms. The first-order chi connectivity index (χ1) is 9.51. The molecule has 2 rings (SSSR count). The van der Waals surface area contributed by atoms with Crippen LogP contribution in [-0.2, 0) is 6.61 Å². The summed E-state index contributed by atoms with van der Waals surface area (Å²) in [6.07, 6.45) is 0.767. The number of ether oxygens (including phenoxy) is 1. The van der Waals surface area contributed by atoms with E-state index in [1.807, 2.05) is 26.8 Å². The van der Waals surface area contributed by atoms with Gasteiger partial charge in [-0.05, 0) is 24.6 Å². The lowest BCUT2D eigenvalue weighted by Crippen LogP contribution is -2.02. The molecular weight excluding hydrogens is 324 g/mol. The quantitative estimate of drug-likeness (QED) is 0.778. The summed E-state index contributed by atoms with van der Waals surface area (Å²) in [5.74, 6) is 1.76. The smallest absolute Gasteiger partial charge is 0.229 e. The van der Waals surface area contributed by atoms with Crippen molar-refractivity contribution in [2.75, 3.05) is 0 Å². The van der Waals surface area contributed by atoms with E-state index in [4.69, 9.17) is 9.26 Å². The second kappa shape index (κ2) is 6.17. The SMILES string of the molecule is Cc1cc(Br)cc(C=O)c1OCc1noc(C(C)C)n1. The Morgan fingerprint density at radius 2 is 2.20 bits per heavy atom. The molecule has 5 nitrogen and oxygen atoms in total. The van der Waals surface area contributed by atoms with E-state index in [9.17, 15) is 4.79 Å². The van der Waals surface area contributed by atoms with E-state index in [2.05, 4.69) is 26.1 Å². The van der Waals surface area contributed by atoms with Crippen LogP contribution in [0.4, 0.5) is 0 Å². The number of aryl methyl sites for hydroxylation is 1. The monoisotopic (exact) mass is 338 g/mol. The van der Waals surface area contributed by atoms with Crippen molar-refractivity contribution in [2.24, 2.45) is 0 Å². The normalized spacial score (nSPS) is 10.8. The summed E-state index contributed by atoms with van der Waals surface area (Å²) in [5, 5.41) is 3.85. The summed E-state index contributed by atoms with van der Waals surface area (Å²) in [6, 6.07) is 3.60. The van der Waals surface area contributed by atoms with Crippen molar-refractivity contribution in [1.82, 2.24) is 10.1 Å². The summed E-state index contributed by atoms with van der Waals surface area (Å²) in [7, 11) is 0. The third-order valence-corrected chi connectivity index (χ3v) is 3.18. The summed E-state index contributed by atoms with van der Waals surface area (Å²) >= 11 is 3.35. The molecule has 0 atom stereocenters. The van der Waals surface area contributed by atoms with Gasteiger partial charge < -0.3 is 9.26 Å². The van der Waals surface area contributed by atoms with E-state index >= 15 is 0 Å². The molecule has 0 N–H and O–H groups in total. The van der Waals surface area contributed by atoms with Crippen LogP contribution in [0.2, 0.25) is 0 Å². The molecule has 106 valence electrons. The van der Waals surface area contributed by atoms with Gasteiger partial charge >= 0.3 is 0 Å². The number of benzene rings is 1. The fraction of sp³-hybridized carbons (Fsp3) is 0.357. The maximum atomic E-state index is 11.1. The van der Waals surface area contributed by atoms with Gasteiger partial charge in [0.25, 0.3) is 0 Å². The highest BCUT2D eigenvalue weighted by atomic mass is 79.9. The Hall–Kier alpha value is -1.69. The van der Waals surface area contributed by atoms with Gasteiger partial charge in [0.2, 0.25) is 11.7 Å².